The summed E-state index contributed by atoms with van der Waals surface area (Å²) in [5.41, 5.74) is 2.95. The molecule has 3 aromatic rings. The molecule has 0 aliphatic rings. The smallest absolute Gasteiger partial charge is 0.241 e. The van der Waals surface area contributed by atoms with Gasteiger partial charge in [0.1, 0.15) is 6.04 Å². The van der Waals surface area contributed by atoms with Crippen LogP contribution in [0.3, 0.4) is 0 Å². The van der Waals surface area contributed by atoms with E-state index >= 15 is 0 Å². The summed E-state index contributed by atoms with van der Waals surface area (Å²) < 4.78 is 29.1. The zero-order chi connectivity index (χ0) is 21.6. The first-order valence-electron chi connectivity index (χ1n) is 9.48. The third-order valence-electron chi connectivity index (χ3n) is 4.61. The lowest BCUT2D eigenvalue weighted by Crippen LogP contribution is -2.47. The maximum absolute atomic E-state index is 12.9. The van der Waals surface area contributed by atoms with E-state index in [1.54, 1.807) is 12.1 Å². The van der Waals surface area contributed by atoms with Crippen molar-refractivity contribution in [2.24, 2.45) is 0 Å². The number of amides is 1. The molecule has 30 heavy (non-hydrogen) atoms. The first-order chi connectivity index (χ1) is 14.3. The Hall–Kier alpha value is -2.48. The lowest BCUT2D eigenvalue weighted by molar-refractivity contribution is -0.122. The minimum Gasteiger partial charge on any atom is -0.351 e. The summed E-state index contributed by atoms with van der Waals surface area (Å²) in [4.78, 5) is 13.0. The van der Waals surface area contributed by atoms with Crippen molar-refractivity contribution >= 4 is 31.9 Å². The van der Waals surface area contributed by atoms with E-state index in [4.69, 9.17) is 0 Å². The van der Waals surface area contributed by atoms with Crippen molar-refractivity contribution in [3.8, 4) is 0 Å². The quantitative estimate of drug-likeness (QED) is 0.505. The Morgan fingerprint density at radius 1 is 0.900 bits per heavy atom. The maximum Gasteiger partial charge on any atom is 0.241 e. The van der Waals surface area contributed by atoms with E-state index in [2.05, 4.69) is 26.0 Å². The summed E-state index contributed by atoms with van der Waals surface area (Å²) in [6, 6.07) is 22.5. The number of hydrogen-bond acceptors (Lipinski definition) is 3. The van der Waals surface area contributed by atoms with E-state index in [9.17, 15) is 13.2 Å². The fourth-order valence-corrected chi connectivity index (χ4v) is 4.38. The average Bonchev–Trinajstić information content (AvgIpc) is 2.73. The highest BCUT2D eigenvalue weighted by molar-refractivity contribution is 9.10. The number of halogens is 1. The largest absolute Gasteiger partial charge is 0.351 e. The number of nitrogens with one attached hydrogen (secondary N) is 2. The summed E-state index contributed by atoms with van der Waals surface area (Å²) in [6.45, 7) is 2.32. The number of carbonyl (C=O) groups is 1. The Morgan fingerprint density at radius 2 is 1.53 bits per heavy atom. The van der Waals surface area contributed by atoms with Gasteiger partial charge in [-0.2, -0.15) is 4.72 Å². The van der Waals surface area contributed by atoms with Gasteiger partial charge in [-0.3, -0.25) is 4.79 Å². The van der Waals surface area contributed by atoms with Crippen molar-refractivity contribution in [1.82, 2.24) is 10.0 Å². The average molecular weight is 487 g/mol. The molecule has 1 atom stereocenters. The van der Waals surface area contributed by atoms with Crippen LogP contribution < -0.4 is 10.0 Å². The molecule has 0 unspecified atom stereocenters. The molecule has 0 aliphatic heterocycles. The van der Waals surface area contributed by atoms with Crippen molar-refractivity contribution < 1.29 is 13.2 Å². The molecular weight excluding hydrogens is 464 g/mol. The number of hydrogen-bond donors (Lipinski definition) is 2. The fraction of sp³-hybridized carbons (Fsp3) is 0.174. The van der Waals surface area contributed by atoms with E-state index in [0.717, 1.165) is 21.2 Å². The van der Waals surface area contributed by atoms with Crippen molar-refractivity contribution in [3.63, 3.8) is 0 Å². The van der Waals surface area contributed by atoms with Gasteiger partial charge in [-0.1, -0.05) is 76.1 Å². The molecular formula is C23H23BrN2O3S. The van der Waals surface area contributed by atoms with Crippen LogP contribution in [0.5, 0.6) is 0 Å². The highest BCUT2D eigenvalue weighted by Crippen LogP contribution is 2.16. The van der Waals surface area contributed by atoms with Crippen LogP contribution in [0.2, 0.25) is 0 Å². The predicted octanol–water partition coefficient (Wildman–Crippen LogP) is 3.96. The van der Waals surface area contributed by atoms with Gasteiger partial charge in [-0.15, -0.1) is 0 Å². The lowest BCUT2D eigenvalue weighted by Gasteiger charge is -2.19. The van der Waals surface area contributed by atoms with Crippen LogP contribution in [0.25, 0.3) is 0 Å². The van der Waals surface area contributed by atoms with Gasteiger partial charge in [-0.05, 0) is 48.7 Å². The van der Waals surface area contributed by atoms with Crippen LogP contribution in [0.15, 0.2) is 88.2 Å². The van der Waals surface area contributed by atoms with Crippen molar-refractivity contribution in [2.45, 2.75) is 30.8 Å². The molecule has 1 amide bonds. The number of benzene rings is 3. The number of aryl methyl sites for hydroxylation is 1. The SMILES string of the molecule is Cc1ccc(CNC(=O)[C@@H](Cc2ccccc2)NS(=O)(=O)c2ccc(Br)cc2)cc1. The zero-order valence-electron chi connectivity index (χ0n) is 16.5. The Balaban J connectivity index is 1.77. The zero-order valence-corrected chi connectivity index (χ0v) is 18.9. The van der Waals surface area contributed by atoms with Crippen LogP contribution in [0.4, 0.5) is 0 Å². The fourth-order valence-electron chi connectivity index (χ4n) is 2.93. The molecule has 0 spiro atoms. The van der Waals surface area contributed by atoms with Crippen LogP contribution in [0.1, 0.15) is 16.7 Å². The van der Waals surface area contributed by atoms with Gasteiger partial charge in [0, 0.05) is 11.0 Å². The number of sulfonamides is 1. The molecule has 0 saturated carbocycles. The molecule has 0 aliphatic carbocycles. The Kier molecular flexibility index (Phi) is 7.42. The van der Waals surface area contributed by atoms with Gasteiger partial charge in [0.15, 0.2) is 0 Å². The molecule has 0 aromatic heterocycles. The van der Waals surface area contributed by atoms with Gasteiger partial charge in [0.25, 0.3) is 0 Å². The summed E-state index contributed by atoms with van der Waals surface area (Å²) >= 11 is 3.30. The molecule has 0 radical (unpaired) electrons. The van der Waals surface area contributed by atoms with E-state index in [0.29, 0.717) is 6.54 Å². The molecule has 0 bridgehead atoms. The van der Waals surface area contributed by atoms with Gasteiger partial charge in [0.2, 0.25) is 15.9 Å². The second kappa shape index (κ2) is 10.0. The molecule has 5 nitrogen and oxygen atoms in total. The van der Waals surface area contributed by atoms with Crippen molar-refractivity contribution in [3.05, 3.63) is 100 Å². The predicted molar refractivity (Wildman–Crippen MR) is 121 cm³/mol. The van der Waals surface area contributed by atoms with Crippen LogP contribution >= 0.6 is 15.9 Å². The van der Waals surface area contributed by atoms with Gasteiger partial charge < -0.3 is 5.32 Å². The molecule has 3 rings (SSSR count). The second-order valence-corrected chi connectivity index (χ2v) is 9.65. The molecule has 2 N–H and O–H groups in total. The van der Waals surface area contributed by atoms with Gasteiger partial charge in [-0.25, -0.2) is 8.42 Å². The van der Waals surface area contributed by atoms with Gasteiger partial charge >= 0.3 is 0 Å². The van der Waals surface area contributed by atoms with Crippen molar-refractivity contribution in [2.75, 3.05) is 0 Å². The molecule has 0 heterocycles. The van der Waals surface area contributed by atoms with E-state index in [1.807, 2.05) is 61.5 Å². The second-order valence-electron chi connectivity index (χ2n) is 7.02. The number of rotatable bonds is 8. The third kappa shape index (κ3) is 6.26. The minimum atomic E-state index is -3.86. The number of carbonyl (C=O) groups excluding carboxylic acids is 1. The highest BCUT2D eigenvalue weighted by atomic mass is 79.9. The summed E-state index contributed by atoms with van der Waals surface area (Å²) in [6.07, 6.45) is 0.246. The monoisotopic (exact) mass is 486 g/mol. The molecule has 0 fully saturated rings. The van der Waals surface area contributed by atoms with E-state index in [-0.39, 0.29) is 17.2 Å². The van der Waals surface area contributed by atoms with Crippen molar-refractivity contribution in [1.29, 1.82) is 0 Å². The van der Waals surface area contributed by atoms with E-state index < -0.39 is 16.1 Å². The normalized spacial score (nSPS) is 12.3. The molecule has 0 saturated heterocycles. The van der Waals surface area contributed by atoms with Gasteiger partial charge in [0.05, 0.1) is 4.90 Å². The van der Waals surface area contributed by atoms with Crippen LogP contribution in [-0.2, 0) is 27.8 Å². The standard InChI is InChI=1S/C23H23BrN2O3S/c1-17-7-9-19(10-8-17)16-25-23(27)22(15-18-5-3-2-4-6-18)26-30(28,29)21-13-11-20(24)12-14-21/h2-14,22,26H,15-16H2,1H3,(H,25,27)/t22-/m1/s1. The van der Waals surface area contributed by atoms with E-state index in [1.165, 1.54) is 12.1 Å². The van der Waals surface area contributed by atoms with Crippen LogP contribution in [-0.4, -0.2) is 20.4 Å². The Bertz CT molecular complexity index is 1080. The molecule has 7 heteroatoms. The third-order valence-corrected chi connectivity index (χ3v) is 6.62. The highest BCUT2D eigenvalue weighted by Gasteiger charge is 2.26. The summed E-state index contributed by atoms with van der Waals surface area (Å²) in [7, 11) is -3.86. The summed E-state index contributed by atoms with van der Waals surface area (Å²) in [5, 5.41) is 2.85. The first-order valence-corrected chi connectivity index (χ1v) is 11.8. The molecule has 3 aromatic carbocycles. The minimum absolute atomic E-state index is 0.107. The maximum atomic E-state index is 12.9. The molecule has 156 valence electrons. The topological polar surface area (TPSA) is 75.3 Å². The lowest BCUT2D eigenvalue weighted by atomic mass is 10.1. The first kappa shape index (κ1) is 22.2. The summed E-state index contributed by atoms with van der Waals surface area (Å²) in [5.74, 6) is -0.375. The Labute approximate surface area is 185 Å². The Morgan fingerprint density at radius 3 is 2.17 bits per heavy atom. The van der Waals surface area contributed by atoms with Crippen LogP contribution in [0, 0.1) is 6.92 Å².